The van der Waals surface area contributed by atoms with Crippen LogP contribution in [0.2, 0.25) is 0 Å². The fourth-order valence-corrected chi connectivity index (χ4v) is 2.84. The van der Waals surface area contributed by atoms with E-state index in [1.165, 1.54) is 12.3 Å². The second-order valence-electron chi connectivity index (χ2n) is 4.34. The van der Waals surface area contributed by atoms with Gasteiger partial charge in [0, 0.05) is 31.2 Å². The smallest absolute Gasteiger partial charge is 0.258 e. The van der Waals surface area contributed by atoms with Gasteiger partial charge in [0.05, 0.1) is 0 Å². The summed E-state index contributed by atoms with van der Waals surface area (Å²) < 4.78 is 26.9. The number of hydrogen-bond acceptors (Lipinski definition) is 5. The lowest BCUT2D eigenvalue weighted by atomic mass is 10.2. The fraction of sp³-hybridized carbons (Fsp3) is 0.231. The van der Waals surface area contributed by atoms with Crippen molar-refractivity contribution < 1.29 is 8.42 Å². The molecule has 3 N–H and O–H groups in total. The summed E-state index contributed by atoms with van der Waals surface area (Å²) in [6.07, 6.45) is 4.72. The van der Waals surface area contributed by atoms with Crippen LogP contribution < -0.4 is 10.5 Å². The number of aromatic nitrogens is 2. The van der Waals surface area contributed by atoms with E-state index < -0.39 is 10.0 Å². The number of rotatable bonds is 5. The van der Waals surface area contributed by atoms with E-state index in [1.807, 2.05) is 6.07 Å². The van der Waals surface area contributed by atoms with Crippen molar-refractivity contribution in [3.63, 3.8) is 0 Å². The monoisotopic (exact) mass is 292 g/mol. The van der Waals surface area contributed by atoms with Gasteiger partial charge in [0.1, 0.15) is 0 Å². The number of nitrogens with two attached hydrogens (primary N) is 1. The van der Waals surface area contributed by atoms with Crippen molar-refractivity contribution in [2.45, 2.75) is 24.5 Å². The van der Waals surface area contributed by atoms with E-state index in [0.29, 0.717) is 6.54 Å². The Hall–Kier alpha value is -1.83. The van der Waals surface area contributed by atoms with E-state index >= 15 is 0 Å². The van der Waals surface area contributed by atoms with Crippen LogP contribution in [-0.2, 0) is 16.6 Å². The van der Waals surface area contributed by atoms with Gasteiger partial charge in [0.25, 0.3) is 10.0 Å². The molecule has 0 aliphatic rings. The third-order valence-corrected chi connectivity index (χ3v) is 4.28. The number of sulfonamides is 1. The van der Waals surface area contributed by atoms with Gasteiger partial charge >= 0.3 is 0 Å². The van der Waals surface area contributed by atoms with Crippen molar-refractivity contribution in [2.75, 3.05) is 0 Å². The van der Waals surface area contributed by atoms with Crippen LogP contribution in [0.25, 0.3) is 0 Å². The predicted octanol–water partition coefficient (Wildman–Crippen LogP) is 0.975. The van der Waals surface area contributed by atoms with Crippen molar-refractivity contribution in [3.8, 4) is 0 Å². The van der Waals surface area contributed by atoms with Gasteiger partial charge in [-0.1, -0.05) is 12.1 Å². The average molecular weight is 292 g/mol. The molecule has 1 unspecified atom stereocenters. The number of nitrogens with zero attached hydrogens (tertiary/aromatic N) is 2. The highest BCUT2D eigenvalue weighted by atomic mass is 32.2. The highest BCUT2D eigenvalue weighted by Gasteiger charge is 2.19. The minimum atomic E-state index is -3.66. The van der Waals surface area contributed by atoms with Crippen molar-refractivity contribution in [1.29, 1.82) is 0 Å². The average Bonchev–Trinajstić information content (AvgIpc) is 2.48. The largest absolute Gasteiger partial charge is 0.326 e. The Balaban J connectivity index is 2.18. The third kappa shape index (κ3) is 3.38. The molecule has 20 heavy (non-hydrogen) atoms. The Morgan fingerprint density at radius 3 is 2.65 bits per heavy atom. The fourth-order valence-electron chi connectivity index (χ4n) is 1.68. The van der Waals surface area contributed by atoms with Crippen molar-refractivity contribution in [3.05, 3.63) is 54.0 Å². The quantitative estimate of drug-likeness (QED) is 0.856. The highest BCUT2D eigenvalue weighted by molar-refractivity contribution is 7.89. The molecule has 106 valence electrons. The van der Waals surface area contributed by atoms with Gasteiger partial charge < -0.3 is 5.73 Å². The molecule has 0 saturated carbocycles. The van der Waals surface area contributed by atoms with E-state index in [1.54, 1.807) is 31.5 Å². The SMILES string of the molecule is CC(NS(=O)(=O)c1ccc(CN)cn1)c1cccnc1. The Labute approximate surface area is 118 Å². The molecule has 0 saturated heterocycles. The van der Waals surface area contributed by atoms with Crippen molar-refractivity contribution in [1.82, 2.24) is 14.7 Å². The molecule has 0 aliphatic carbocycles. The Kier molecular flexibility index (Phi) is 4.43. The van der Waals surface area contributed by atoms with E-state index in [2.05, 4.69) is 14.7 Å². The Bertz CT molecular complexity index is 657. The normalized spacial score (nSPS) is 13.1. The summed E-state index contributed by atoms with van der Waals surface area (Å²) in [6.45, 7) is 2.08. The lowest BCUT2D eigenvalue weighted by molar-refractivity contribution is 0.562. The molecule has 0 radical (unpaired) electrons. The maximum atomic E-state index is 12.2. The van der Waals surface area contributed by atoms with Crippen LogP contribution in [0.3, 0.4) is 0 Å². The van der Waals surface area contributed by atoms with Crippen LogP contribution in [-0.4, -0.2) is 18.4 Å². The van der Waals surface area contributed by atoms with Gasteiger partial charge in [-0.15, -0.1) is 0 Å². The molecule has 2 rings (SSSR count). The summed E-state index contributed by atoms with van der Waals surface area (Å²) in [5.41, 5.74) is 7.02. The molecule has 1 atom stereocenters. The number of nitrogens with one attached hydrogen (secondary N) is 1. The van der Waals surface area contributed by atoms with E-state index in [0.717, 1.165) is 11.1 Å². The van der Waals surface area contributed by atoms with Gasteiger partial charge in [-0.2, -0.15) is 0 Å². The summed E-state index contributed by atoms with van der Waals surface area (Å²) in [5.74, 6) is 0. The van der Waals surface area contributed by atoms with Crippen LogP contribution in [0.4, 0.5) is 0 Å². The molecular formula is C13H16N4O2S. The zero-order valence-corrected chi connectivity index (χ0v) is 11.8. The van der Waals surface area contributed by atoms with Crippen molar-refractivity contribution in [2.24, 2.45) is 5.73 Å². The summed E-state index contributed by atoms with van der Waals surface area (Å²) in [6, 6.07) is 6.28. The molecule has 0 spiro atoms. The molecule has 7 heteroatoms. The molecule has 0 aliphatic heterocycles. The summed E-state index contributed by atoms with van der Waals surface area (Å²) in [7, 11) is -3.66. The summed E-state index contributed by atoms with van der Waals surface area (Å²) in [5, 5.41) is -0.0227. The second kappa shape index (κ2) is 6.08. The zero-order chi connectivity index (χ0) is 14.6. The molecule has 2 aromatic heterocycles. The molecule has 2 heterocycles. The first-order valence-electron chi connectivity index (χ1n) is 6.10. The van der Waals surface area contributed by atoms with E-state index in [4.69, 9.17) is 5.73 Å². The topological polar surface area (TPSA) is 98.0 Å². The van der Waals surface area contributed by atoms with Gasteiger partial charge in [-0.25, -0.2) is 18.1 Å². The molecule has 0 bridgehead atoms. The third-order valence-electron chi connectivity index (χ3n) is 2.82. The van der Waals surface area contributed by atoms with Crippen molar-refractivity contribution >= 4 is 10.0 Å². The Morgan fingerprint density at radius 1 is 1.30 bits per heavy atom. The first-order chi connectivity index (χ1) is 9.53. The number of hydrogen-bond donors (Lipinski definition) is 2. The Morgan fingerprint density at radius 2 is 2.10 bits per heavy atom. The molecule has 0 fully saturated rings. The van der Waals surface area contributed by atoms with E-state index in [9.17, 15) is 8.42 Å². The van der Waals surface area contributed by atoms with Crippen LogP contribution in [0.5, 0.6) is 0 Å². The molecule has 2 aromatic rings. The van der Waals surface area contributed by atoms with Crippen LogP contribution in [0.15, 0.2) is 47.9 Å². The lowest BCUT2D eigenvalue weighted by Gasteiger charge is -2.13. The van der Waals surface area contributed by atoms with Gasteiger partial charge in [0.15, 0.2) is 5.03 Å². The summed E-state index contributed by atoms with van der Waals surface area (Å²) >= 11 is 0. The molecular weight excluding hydrogens is 276 g/mol. The van der Waals surface area contributed by atoms with Gasteiger partial charge in [-0.05, 0) is 30.2 Å². The minimum absolute atomic E-state index is 0.0227. The predicted molar refractivity (Wildman–Crippen MR) is 75.1 cm³/mol. The molecule has 0 amide bonds. The van der Waals surface area contributed by atoms with Gasteiger partial charge in [-0.3, -0.25) is 4.98 Å². The molecule has 6 nitrogen and oxygen atoms in total. The first-order valence-corrected chi connectivity index (χ1v) is 7.58. The van der Waals surface area contributed by atoms with E-state index in [-0.39, 0.29) is 11.1 Å². The minimum Gasteiger partial charge on any atom is -0.326 e. The second-order valence-corrected chi connectivity index (χ2v) is 6.00. The van der Waals surface area contributed by atoms with Crippen LogP contribution in [0.1, 0.15) is 24.1 Å². The zero-order valence-electron chi connectivity index (χ0n) is 11.0. The standard InChI is InChI=1S/C13H16N4O2S/c1-10(12-3-2-6-15-9-12)17-20(18,19)13-5-4-11(7-14)8-16-13/h2-6,8-10,17H,7,14H2,1H3. The maximum absolute atomic E-state index is 12.2. The summed E-state index contributed by atoms with van der Waals surface area (Å²) in [4.78, 5) is 7.89. The van der Waals surface area contributed by atoms with Crippen LogP contribution >= 0.6 is 0 Å². The molecule has 0 aromatic carbocycles. The van der Waals surface area contributed by atoms with Crippen LogP contribution in [0, 0.1) is 0 Å². The first kappa shape index (κ1) is 14.6. The lowest BCUT2D eigenvalue weighted by Crippen LogP contribution is -2.27. The van der Waals surface area contributed by atoms with Gasteiger partial charge in [0.2, 0.25) is 0 Å². The number of pyridine rings is 2. The maximum Gasteiger partial charge on any atom is 0.258 e. The highest BCUT2D eigenvalue weighted by Crippen LogP contribution is 2.14.